The van der Waals surface area contributed by atoms with E-state index in [-0.39, 0.29) is 16.6 Å². The third kappa shape index (κ3) is 3.48. The van der Waals surface area contributed by atoms with Crippen LogP contribution in [0.25, 0.3) is 0 Å². The monoisotopic (exact) mass is 233 g/mol. The fraction of sp³-hybridized carbons (Fsp3) is 0.900. The lowest BCUT2D eigenvalue weighted by atomic mass is 9.91. The number of sulfone groups is 1. The number of hydrogen-bond acceptors (Lipinski definition) is 3. The van der Waals surface area contributed by atoms with E-state index >= 15 is 0 Å². The van der Waals surface area contributed by atoms with Gasteiger partial charge in [0.25, 0.3) is 0 Å². The largest absolute Gasteiger partial charge is 0.340 e. The van der Waals surface area contributed by atoms with Crippen molar-refractivity contribution in [3.63, 3.8) is 0 Å². The van der Waals surface area contributed by atoms with Crippen molar-refractivity contribution in [1.29, 1.82) is 0 Å². The maximum atomic E-state index is 11.6. The molecule has 1 heterocycles. The van der Waals surface area contributed by atoms with Gasteiger partial charge in [0.15, 0.2) is 9.84 Å². The first-order valence-corrected chi connectivity index (χ1v) is 7.02. The highest BCUT2D eigenvalue weighted by Crippen LogP contribution is 2.23. The summed E-state index contributed by atoms with van der Waals surface area (Å²) in [5, 5.41) is -0.346. The van der Waals surface area contributed by atoms with Crippen LogP contribution in [-0.2, 0) is 14.6 Å². The van der Waals surface area contributed by atoms with Crippen molar-refractivity contribution in [2.45, 2.75) is 32.4 Å². The molecule has 0 aromatic carbocycles. The molecular weight excluding hydrogens is 214 g/mol. The van der Waals surface area contributed by atoms with Crippen LogP contribution in [0.1, 0.15) is 27.2 Å². The molecule has 0 aliphatic carbocycles. The van der Waals surface area contributed by atoms with E-state index in [1.54, 1.807) is 4.90 Å². The minimum atomic E-state index is -2.97. The van der Waals surface area contributed by atoms with Crippen molar-refractivity contribution in [3.8, 4) is 0 Å². The number of nitrogens with zero attached hydrogens (tertiary/aromatic N) is 1. The van der Waals surface area contributed by atoms with Crippen LogP contribution < -0.4 is 0 Å². The van der Waals surface area contributed by atoms with Crippen molar-refractivity contribution >= 4 is 15.7 Å². The van der Waals surface area contributed by atoms with Crippen LogP contribution in [-0.4, -0.2) is 43.8 Å². The van der Waals surface area contributed by atoms with Crippen LogP contribution >= 0.6 is 0 Å². The second-order valence-electron chi connectivity index (χ2n) is 5.49. The van der Waals surface area contributed by atoms with Crippen LogP contribution in [0, 0.1) is 5.41 Å². The Kier molecular flexibility index (Phi) is 3.14. The topological polar surface area (TPSA) is 54.5 Å². The van der Waals surface area contributed by atoms with Crippen molar-refractivity contribution in [3.05, 3.63) is 0 Å². The van der Waals surface area contributed by atoms with Gasteiger partial charge in [-0.1, -0.05) is 20.8 Å². The van der Waals surface area contributed by atoms with Gasteiger partial charge in [-0.15, -0.1) is 0 Å². The van der Waals surface area contributed by atoms with Crippen LogP contribution in [0.15, 0.2) is 0 Å². The van der Waals surface area contributed by atoms with E-state index in [9.17, 15) is 13.2 Å². The summed E-state index contributed by atoms with van der Waals surface area (Å²) in [6.07, 6.45) is 1.70. The molecule has 1 saturated heterocycles. The summed E-state index contributed by atoms with van der Waals surface area (Å²) in [5.41, 5.74) is -0.0345. The van der Waals surface area contributed by atoms with E-state index in [0.29, 0.717) is 19.5 Å². The Hall–Kier alpha value is -0.580. The fourth-order valence-corrected chi connectivity index (χ4v) is 2.38. The molecule has 0 N–H and O–H groups in total. The van der Waals surface area contributed by atoms with Gasteiger partial charge in [0, 0.05) is 25.8 Å². The number of carbonyl (C=O) groups is 1. The maximum absolute atomic E-state index is 11.6. The van der Waals surface area contributed by atoms with E-state index in [1.165, 1.54) is 6.26 Å². The lowest BCUT2D eigenvalue weighted by Gasteiger charge is -2.39. The highest BCUT2D eigenvalue weighted by Gasteiger charge is 2.37. The maximum Gasteiger partial charge on any atom is 0.223 e. The minimum Gasteiger partial charge on any atom is -0.340 e. The van der Waals surface area contributed by atoms with Gasteiger partial charge in [0.2, 0.25) is 5.91 Å². The summed E-state index contributed by atoms with van der Waals surface area (Å²) in [5.74, 6) is 0.0578. The van der Waals surface area contributed by atoms with Gasteiger partial charge in [-0.2, -0.15) is 0 Å². The summed E-state index contributed by atoms with van der Waals surface area (Å²) in [6.45, 7) is 6.73. The van der Waals surface area contributed by atoms with E-state index in [0.717, 1.165) is 0 Å². The standard InChI is InChI=1S/C10H19NO3S/c1-10(2,3)5-9(12)11-6-8(7-11)15(4,13)14/h8H,5-7H2,1-4H3. The molecule has 0 bridgehead atoms. The Morgan fingerprint density at radius 2 is 1.80 bits per heavy atom. The Morgan fingerprint density at radius 3 is 2.13 bits per heavy atom. The van der Waals surface area contributed by atoms with E-state index in [1.807, 2.05) is 20.8 Å². The molecule has 0 aromatic heterocycles. The molecule has 0 spiro atoms. The third-order valence-corrected chi connectivity index (χ3v) is 4.00. The van der Waals surface area contributed by atoms with Crippen molar-refractivity contribution in [2.24, 2.45) is 5.41 Å². The Labute approximate surface area is 91.6 Å². The Morgan fingerprint density at radius 1 is 1.33 bits per heavy atom. The summed E-state index contributed by atoms with van der Waals surface area (Å²) in [7, 11) is -2.97. The summed E-state index contributed by atoms with van der Waals surface area (Å²) < 4.78 is 22.3. The first kappa shape index (κ1) is 12.5. The van der Waals surface area contributed by atoms with Gasteiger partial charge < -0.3 is 4.90 Å². The quantitative estimate of drug-likeness (QED) is 0.704. The Balaban J connectivity index is 2.43. The predicted octanol–water partition coefficient (Wildman–Crippen LogP) is 0.678. The van der Waals surface area contributed by atoms with Gasteiger partial charge in [0.05, 0.1) is 5.25 Å². The lowest BCUT2D eigenvalue weighted by molar-refractivity contribution is -0.136. The SMILES string of the molecule is CC(C)(C)CC(=O)N1CC(S(C)(=O)=O)C1. The summed E-state index contributed by atoms with van der Waals surface area (Å²) >= 11 is 0. The van der Waals surface area contributed by atoms with Crippen molar-refractivity contribution in [2.75, 3.05) is 19.3 Å². The van der Waals surface area contributed by atoms with Gasteiger partial charge in [-0.05, 0) is 5.41 Å². The molecule has 0 radical (unpaired) electrons. The molecule has 0 atom stereocenters. The summed E-state index contributed by atoms with van der Waals surface area (Å²) in [6, 6.07) is 0. The molecule has 1 amide bonds. The van der Waals surface area contributed by atoms with Crippen LogP contribution in [0.4, 0.5) is 0 Å². The molecule has 1 aliphatic rings. The number of hydrogen-bond donors (Lipinski definition) is 0. The molecular formula is C10H19NO3S. The van der Waals surface area contributed by atoms with Crippen LogP contribution in [0.3, 0.4) is 0 Å². The highest BCUT2D eigenvalue weighted by molar-refractivity contribution is 7.91. The molecule has 4 nitrogen and oxygen atoms in total. The molecule has 0 saturated carbocycles. The second kappa shape index (κ2) is 3.77. The van der Waals surface area contributed by atoms with E-state index in [4.69, 9.17) is 0 Å². The van der Waals surface area contributed by atoms with Crippen LogP contribution in [0.5, 0.6) is 0 Å². The number of amides is 1. The van der Waals surface area contributed by atoms with Gasteiger partial charge in [-0.25, -0.2) is 8.42 Å². The van der Waals surface area contributed by atoms with Crippen LogP contribution in [0.2, 0.25) is 0 Å². The fourth-order valence-electron chi connectivity index (χ4n) is 1.48. The van der Waals surface area contributed by atoms with Crippen molar-refractivity contribution < 1.29 is 13.2 Å². The number of rotatable bonds is 2. The number of carbonyl (C=O) groups excluding carboxylic acids is 1. The van der Waals surface area contributed by atoms with E-state index < -0.39 is 9.84 Å². The first-order chi connectivity index (χ1) is 6.59. The molecule has 0 aromatic rings. The Bertz CT molecular complexity index is 347. The van der Waals surface area contributed by atoms with Gasteiger partial charge in [0.1, 0.15) is 0 Å². The molecule has 0 unspecified atom stereocenters. The smallest absolute Gasteiger partial charge is 0.223 e. The second-order valence-corrected chi connectivity index (χ2v) is 7.81. The molecule has 1 rings (SSSR count). The average molecular weight is 233 g/mol. The molecule has 15 heavy (non-hydrogen) atoms. The highest BCUT2D eigenvalue weighted by atomic mass is 32.2. The zero-order chi connectivity index (χ0) is 11.9. The first-order valence-electron chi connectivity index (χ1n) is 5.06. The van der Waals surface area contributed by atoms with Gasteiger partial charge >= 0.3 is 0 Å². The molecule has 1 fully saturated rings. The zero-order valence-electron chi connectivity index (χ0n) is 9.78. The van der Waals surface area contributed by atoms with Gasteiger partial charge in [-0.3, -0.25) is 4.79 Å². The minimum absolute atomic E-state index is 0.0345. The summed E-state index contributed by atoms with van der Waals surface area (Å²) in [4.78, 5) is 13.3. The predicted molar refractivity (Wildman–Crippen MR) is 59.3 cm³/mol. The zero-order valence-corrected chi connectivity index (χ0v) is 10.6. The third-order valence-electron chi connectivity index (χ3n) is 2.49. The number of likely N-dealkylation sites (tertiary alicyclic amines) is 1. The molecule has 88 valence electrons. The van der Waals surface area contributed by atoms with Crippen molar-refractivity contribution in [1.82, 2.24) is 4.90 Å². The lowest BCUT2D eigenvalue weighted by Crippen LogP contribution is -2.57. The molecule has 1 aliphatic heterocycles. The molecule has 5 heteroatoms. The normalized spacial score (nSPS) is 18.8. The van der Waals surface area contributed by atoms with E-state index in [2.05, 4.69) is 0 Å². The average Bonchev–Trinajstić information content (AvgIpc) is 1.72.